The maximum atomic E-state index is 13.2. The second kappa shape index (κ2) is 9.39. The number of benzene rings is 1. The normalized spacial score (nSPS) is 11.3. The van der Waals surface area contributed by atoms with Crippen molar-refractivity contribution in [1.82, 2.24) is 10.6 Å². The second-order valence-electron chi connectivity index (χ2n) is 4.71. The molecule has 7 nitrogen and oxygen atoms in total. The minimum atomic E-state index is -0.856. The Bertz CT molecular complexity index is 565. The van der Waals surface area contributed by atoms with E-state index in [-0.39, 0.29) is 11.8 Å². The molecule has 1 aromatic carbocycles. The van der Waals surface area contributed by atoms with Gasteiger partial charge in [-0.2, -0.15) is 0 Å². The fraction of sp³-hybridized carbons (Fsp3) is 0.400. The number of amides is 3. The number of nitrogens with one attached hydrogen (secondary N) is 2. The summed E-state index contributed by atoms with van der Waals surface area (Å²) < 4.78 is 22.8. The highest BCUT2D eigenvalue weighted by molar-refractivity contribution is 5.95. The van der Waals surface area contributed by atoms with Gasteiger partial charge in [0.1, 0.15) is 0 Å². The van der Waals surface area contributed by atoms with Crippen LogP contribution in [0.15, 0.2) is 24.3 Å². The number of carbonyl (C=O) groups is 3. The number of esters is 1. The highest BCUT2D eigenvalue weighted by Gasteiger charge is 2.13. The highest BCUT2D eigenvalue weighted by atomic mass is 19.1. The number of rotatable bonds is 7. The second-order valence-corrected chi connectivity index (χ2v) is 4.71. The minimum absolute atomic E-state index is 0.0838. The summed E-state index contributed by atoms with van der Waals surface area (Å²) in [6.07, 6.45) is 0.712. The Labute approximate surface area is 133 Å². The van der Waals surface area contributed by atoms with Crippen molar-refractivity contribution >= 4 is 17.9 Å². The molecule has 3 amide bonds. The first-order valence-electron chi connectivity index (χ1n) is 7.05. The van der Waals surface area contributed by atoms with Crippen molar-refractivity contribution in [1.29, 1.82) is 0 Å². The van der Waals surface area contributed by atoms with Crippen molar-refractivity contribution in [3.8, 4) is 5.75 Å². The molecule has 126 valence electrons. The van der Waals surface area contributed by atoms with Crippen LogP contribution in [0.5, 0.6) is 5.75 Å². The van der Waals surface area contributed by atoms with Gasteiger partial charge in [0.25, 0.3) is 5.91 Å². The third-order valence-electron chi connectivity index (χ3n) is 2.79. The largest absolute Gasteiger partial charge is 0.479 e. The molecule has 0 radical (unpaired) electrons. The van der Waals surface area contributed by atoms with E-state index in [0.717, 1.165) is 0 Å². The lowest BCUT2D eigenvalue weighted by Crippen LogP contribution is -2.44. The van der Waals surface area contributed by atoms with Gasteiger partial charge < -0.3 is 14.8 Å². The van der Waals surface area contributed by atoms with Crippen LogP contribution < -0.4 is 15.4 Å². The Hall–Kier alpha value is -2.64. The van der Waals surface area contributed by atoms with Crippen LogP contribution in [0.4, 0.5) is 9.18 Å². The number of hydrogen-bond donors (Lipinski definition) is 2. The van der Waals surface area contributed by atoms with E-state index in [1.807, 2.05) is 12.2 Å². The zero-order valence-electron chi connectivity index (χ0n) is 12.9. The van der Waals surface area contributed by atoms with Crippen LogP contribution in [0.1, 0.15) is 20.3 Å². The molecule has 1 atom stereocenters. The van der Waals surface area contributed by atoms with Gasteiger partial charge in [-0.1, -0.05) is 19.1 Å². The van der Waals surface area contributed by atoms with E-state index in [4.69, 9.17) is 4.74 Å². The van der Waals surface area contributed by atoms with Crippen LogP contribution >= 0.6 is 0 Å². The van der Waals surface area contributed by atoms with E-state index < -0.39 is 36.9 Å². The van der Waals surface area contributed by atoms with Gasteiger partial charge >= 0.3 is 12.0 Å². The van der Waals surface area contributed by atoms with Gasteiger partial charge in [-0.25, -0.2) is 14.0 Å². The van der Waals surface area contributed by atoms with E-state index in [9.17, 15) is 18.8 Å². The van der Waals surface area contributed by atoms with Crippen molar-refractivity contribution in [2.24, 2.45) is 0 Å². The molecule has 0 saturated heterocycles. The molecule has 0 bridgehead atoms. The lowest BCUT2D eigenvalue weighted by molar-refractivity contribution is -0.150. The van der Waals surface area contributed by atoms with E-state index >= 15 is 0 Å². The van der Waals surface area contributed by atoms with Crippen LogP contribution in [0.25, 0.3) is 0 Å². The number of halogens is 1. The highest BCUT2D eigenvalue weighted by Crippen LogP contribution is 2.14. The first-order chi connectivity index (χ1) is 10.9. The molecular weight excluding hydrogens is 307 g/mol. The molecule has 0 saturated carbocycles. The molecule has 0 fully saturated rings. The molecule has 23 heavy (non-hydrogen) atoms. The molecule has 1 rings (SSSR count). The van der Waals surface area contributed by atoms with Gasteiger partial charge in [0.2, 0.25) is 0 Å². The van der Waals surface area contributed by atoms with Gasteiger partial charge in [-0.05, 0) is 25.5 Å². The fourth-order valence-corrected chi connectivity index (χ4v) is 1.41. The van der Waals surface area contributed by atoms with Crippen LogP contribution in [0, 0.1) is 5.82 Å². The summed E-state index contributed by atoms with van der Waals surface area (Å²) in [6, 6.07) is 4.82. The number of carbonyl (C=O) groups excluding carboxylic acids is 3. The summed E-state index contributed by atoms with van der Waals surface area (Å²) in [5.74, 6) is -2.34. The molecular formula is C15H19FN2O5. The van der Waals surface area contributed by atoms with Gasteiger partial charge in [-0.3, -0.25) is 10.1 Å². The summed E-state index contributed by atoms with van der Waals surface area (Å²) in [4.78, 5) is 34.2. The molecule has 0 spiro atoms. The van der Waals surface area contributed by atoms with Crippen molar-refractivity contribution in [3.05, 3.63) is 30.1 Å². The summed E-state index contributed by atoms with van der Waals surface area (Å²) >= 11 is 0. The Morgan fingerprint density at radius 1 is 1.22 bits per heavy atom. The van der Waals surface area contributed by atoms with E-state index in [2.05, 4.69) is 10.1 Å². The topological polar surface area (TPSA) is 93.7 Å². The quantitative estimate of drug-likeness (QED) is 0.738. The molecule has 0 unspecified atom stereocenters. The van der Waals surface area contributed by atoms with Crippen LogP contribution in [0.2, 0.25) is 0 Å². The Morgan fingerprint density at radius 2 is 1.91 bits per heavy atom. The molecule has 1 aromatic rings. The molecule has 0 aliphatic rings. The number of hydrogen-bond acceptors (Lipinski definition) is 5. The Balaban J connectivity index is 2.26. The Kier molecular flexibility index (Phi) is 7.52. The van der Waals surface area contributed by atoms with Gasteiger partial charge in [0.15, 0.2) is 24.8 Å². The smallest absolute Gasteiger partial charge is 0.344 e. The zero-order valence-corrected chi connectivity index (χ0v) is 12.9. The number of para-hydroxylation sites is 1. The number of urea groups is 1. The Morgan fingerprint density at radius 3 is 2.57 bits per heavy atom. The monoisotopic (exact) mass is 326 g/mol. The average Bonchev–Trinajstić information content (AvgIpc) is 2.51. The van der Waals surface area contributed by atoms with Crippen molar-refractivity contribution in [2.75, 3.05) is 13.2 Å². The SMILES string of the molecule is CC[C@@H](C)NC(=O)NC(=O)COC(=O)COc1ccccc1F. The maximum Gasteiger partial charge on any atom is 0.344 e. The molecule has 0 aromatic heterocycles. The molecule has 0 aliphatic carbocycles. The number of imide groups is 1. The lowest BCUT2D eigenvalue weighted by atomic mass is 10.3. The zero-order chi connectivity index (χ0) is 17.2. The molecule has 2 N–H and O–H groups in total. The standard InChI is InChI=1S/C15H19FN2O5/c1-3-10(2)17-15(21)18-13(19)8-23-14(20)9-22-12-7-5-4-6-11(12)16/h4-7,10H,3,8-9H2,1-2H3,(H2,17,18,19,21)/t10-/m1/s1. The van der Waals surface area contributed by atoms with Gasteiger partial charge in [0, 0.05) is 6.04 Å². The summed E-state index contributed by atoms with van der Waals surface area (Å²) in [7, 11) is 0. The van der Waals surface area contributed by atoms with Gasteiger partial charge in [-0.15, -0.1) is 0 Å². The minimum Gasteiger partial charge on any atom is -0.479 e. The number of ether oxygens (including phenoxy) is 2. The first-order valence-corrected chi connectivity index (χ1v) is 7.05. The van der Waals surface area contributed by atoms with Crippen molar-refractivity contribution in [3.63, 3.8) is 0 Å². The van der Waals surface area contributed by atoms with Crippen molar-refractivity contribution < 1.29 is 28.2 Å². The van der Waals surface area contributed by atoms with Crippen molar-refractivity contribution in [2.45, 2.75) is 26.3 Å². The van der Waals surface area contributed by atoms with Crippen LogP contribution in [0.3, 0.4) is 0 Å². The first kappa shape index (κ1) is 18.4. The predicted molar refractivity (Wildman–Crippen MR) is 79.3 cm³/mol. The molecule has 0 heterocycles. The molecule has 0 aliphatic heterocycles. The summed E-state index contributed by atoms with van der Waals surface area (Å²) in [5.41, 5.74) is 0. The van der Waals surface area contributed by atoms with Crippen LogP contribution in [-0.4, -0.2) is 37.2 Å². The summed E-state index contributed by atoms with van der Waals surface area (Å²) in [5, 5.41) is 4.54. The average molecular weight is 326 g/mol. The van der Waals surface area contributed by atoms with E-state index in [1.54, 1.807) is 13.0 Å². The van der Waals surface area contributed by atoms with E-state index in [0.29, 0.717) is 6.42 Å². The maximum absolute atomic E-state index is 13.2. The van der Waals surface area contributed by atoms with E-state index in [1.165, 1.54) is 18.2 Å². The molecule has 8 heteroatoms. The fourth-order valence-electron chi connectivity index (χ4n) is 1.41. The van der Waals surface area contributed by atoms with Crippen LogP contribution in [-0.2, 0) is 14.3 Å². The lowest BCUT2D eigenvalue weighted by Gasteiger charge is -2.12. The van der Waals surface area contributed by atoms with Gasteiger partial charge in [0.05, 0.1) is 0 Å². The summed E-state index contributed by atoms with van der Waals surface area (Å²) in [6.45, 7) is 2.48. The third kappa shape index (κ3) is 7.25. The third-order valence-corrected chi connectivity index (χ3v) is 2.79. The predicted octanol–water partition coefficient (Wildman–Crippen LogP) is 1.37.